The Hall–Kier alpha value is -2.27. The Morgan fingerprint density at radius 2 is 1.71 bits per heavy atom. The second-order valence-corrected chi connectivity index (χ2v) is 5.32. The first-order valence-electron chi connectivity index (χ1n) is 6.68. The molecule has 0 spiro atoms. The zero-order valence-electron chi connectivity index (χ0n) is 12.0. The maximum absolute atomic E-state index is 12.2. The number of hydrogen-bond acceptors (Lipinski definition) is 4. The van der Waals surface area contributed by atoms with E-state index in [2.05, 4.69) is 6.58 Å². The number of aliphatic hydroxyl groups is 1. The molecule has 0 aliphatic carbocycles. The molecule has 0 bridgehead atoms. The smallest absolute Gasteiger partial charge is 0.263 e. The third-order valence-electron chi connectivity index (χ3n) is 3.58. The van der Waals surface area contributed by atoms with Crippen molar-refractivity contribution in [3.8, 4) is 0 Å². The summed E-state index contributed by atoms with van der Waals surface area (Å²) in [5.41, 5.74) is 0.941. The maximum atomic E-state index is 12.2. The van der Waals surface area contributed by atoms with Crippen LogP contribution >= 0.6 is 0 Å². The van der Waals surface area contributed by atoms with Gasteiger partial charge in [0.1, 0.15) is 6.23 Å². The number of carbonyl (C=O) groups excluding carboxylic acids is 3. The van der Waals surface area contributed by atoms with Crippen LogP contribution in [0.1, 0.15) is 41.0 Å². The largest absolute Gasteiger partial charge is 0.373 e. The van der Waals surface area contributed by atoms with Gasteiger partial charge in [-0.25, -0.2) is 4.90 Å². The molecule has 1 aliphatic heterocycles. The Morgan fingerprint density at radius 3 is 2.14 bits per heavy atom. The SMILES string of the molecule is C=C(C)C(=O)CC(C)C(O)N1C(=O)c2ccccc2C1=O. The van der Waals surface area contributed by atoms with Crippen LogP contribution < -0.4 is 0 Å². The van der Waals surface area contributed by atoms with E-state index >= 15 is 0 Å². The summed E-state index contributed by atoms with van der Waals surface area (Å²) >= 11 is 0. The minimum absolute atomic E-state index is 0.0317. The van der Waals surface area contributed by atoms with Gasteiger partial charge in [0.2, 0.25) is 0 Å². The van der Waals surface area contributed by atoms with Gasteiger partial charge in [0.05, 0.1) is 11.1 Å². The number of allylic oxidation sites excluding steroid dienone is 1. The number of Topliss-reactive ketones (excluding diaryl/α,β-unsaturated/α-hetero) is 1. The standard InChI is InChI=1S/C16H17NO4/c1-9(2)13(18)8-10(3)14(19)17-15(20)11-6-4-5-7-12(11)16(17)21/h4-7,10,14,19H,1,8H2,2-3H3. The van der Waals surface area contributed by atoms with Crippen LogP contribution in [-0.4, -0.2) is 33.8 Å². The molecule has 1 aromatic carbocycles. The number of nitrogens with zero attached hydrogens (tertiary/aromatic N) is 1. The number of amides is 2. The number of rotatable bonds is 5. The fourth-order valence-corrected chi connectivity index (χ4v) is 2.27. The second-order valence-electron chi connectivity index (χ2n) is 5.32. The summed E-state index contributed by atoms with van der Waals surface area (Å²) in [6.07, 6.45) is -1.30. The molecule has 2 rings (SSSR count). The number of fused-ring (bicyclic) bond motifs is 1. The summed E-state index contributed by atoms with van der Waals surface area (Å²) in [6, 6.07) is 6.42. The normalized spacial score (nSPS) is 16.6. The molecule has 0 fully saturated rings. The highest BCUT2D eigenvalue weighted by Crippen LogP contribution is 2.27. The number of carbonyl (C=O) groups is 3. The zero-order valence-corrected chi connectivity index (χ0v) is 12.0. The molecule has 1 aromatic rings. The van der Waals surface area contributed by atoms with Crippen LogP contribution in [-0.2, 0) is 4.79 Å². The van der Waals surface area contributed by atoms with Gasteiger partial charge < -0.3 is 5.11 Å². The molecule has 2 unspecified atom stereocenters. The predicted molar refractivity (Wildman–Crippen MR) is 76.6 cm³/mol. The Balaban J connectivity index is 2.20. The first-order chi connectivity index (χ1) is 9.84. The van der Waals surface area contributed by atoms with Crippen molar-refractivity contribution < 1.29 is 19.5 Å². The average molecular weight is 287 g/mol. The highest BCUT2D eigenvalue weighted by molar-refractivity contribution is 6.21. The fourth-order valence-electron chi connectivity index (χ4n) is 2.27. The molecule has 2 amide bonds. The number of imide groups is 1. The molecule has 1 aliphatic rings. The number of benzene rings is 1. The Labute approximate surface area is 122 Å². The minimum atomic E-state index is -1.33. The fraction of sp³-hybridized carbons (Fsp3) is 0.312. The molecule has 0 saturated carbocycles. The van der Waals surface area contributed by atoms with Crippen LogP contribution in [0.4, 0.5) is 0 Å². The van der Waals surface area contributed by atoms with Crippen LogP contribution in [0.15, 0.2) is 36.4 Å². The van der Waals surface area contributed by atoms with E-state index in [4.69, 9.17) is 0 Å². The van der Waals surface area contributed by atoms with E-state index in [-0.39, 0.29) is 23.3 Å². The first-order valence-corrected chi connectivity index (χ1v) is 6.68. The van der Waals surface area contributed by atoms with E-state index in [0.29, 0.717) is 5.57 Å². The summed E-state index contributed by atoms with van der Waals surface area (Å²) < 4.78 is 0. The molecule has 0 radical (unpaired) electrons. The van der Waals surface area contributed by atoms with Crippen molar-refractivity contribution in [3.63, 3.8) is 0 Å². The molecule has 0 aromatic heterocycles. The molecular formula is C16H17NO4. The maximum Gasteiger partial charge on any atom is 0.263 e. The first kappa shape index (κ1) is 15.1. The lowest BCUT2D eigenvalue weighted by atomic mass is 9.99. The number of hydrogen-bond donors (Lipinski definition) is 1. The van der Waals surface area contributed by atoms with Gasteiger partial charge in [0.15, 0.2) is 5.78 Å². The zero-order chi connectivity index (χ0) is 15.7. The quantitative estimate of drug-likeness (QED) is 0.661. The van der Waals surface area contributed by atoms with Gasteiger partial charge >= 0.3 is 0 Å². The average Bonchev–Trinajstić information content (AvgIpc) is 2.70. The van der Waals surface area contributed by atoms with Gasteiger partial charge in [-0.3, -0.25) is 14.4 Å². The van der Waals surface area contributed by atoms with Crippen LogP contribution in [0, 0.1) is 5.92 Å². The highest BCUT2D eigenvalue weighted by atomic mass is 16.3. The Morgan fingerprint density at radius 1 is 1.24 bits per heavy atom. The Bertz CT molecular complexity index is 600. The van der Waals surface area contributed by atoms with Gasteiger partial charge in [-0.1, -0.05) is 25.6 Å². The van der Waals surface area contributed by atoms with E-state index < -0.39 is 24.0 Å². The van der Waals surface area contributed by atoms with E-state index in [9.17, 15) is 19.5 Å². The van der Waals surface area contributed by atoms with E-state index in [1.165, 1.54) is 0 Å². The second kappa shape index (κ2) is 5.61. The summed E-state index contributed by atoms with van der Waals surface area (Å²) in [7, 11) is 0. The predicted octanol–water partition coefficient (Wildman–Crippen LogP) is 1.77. The van der Waals surface area contributed by atoms with Gasteiger partial charge in [0.25, 0.3) is 11.8 Å². The lowest BCUT2D eigenvalue weighted by Crippen LogP contribution is -2.44. The van der Waals surface area contributed by atoms with Crippen molar-refractivity contribution in [1.82, 2.24) is 4.90 Å². The third-order valence-corrected chi connectivity index (χ3v) is 3.58. The highest BCUT2D eigenvalue weighted by Gasteiger charge is 2.41. The van der Waals surface area contributed by atoms with Crippen molar-refractivity contribution >= 4 is 17.6 Å². The molecule has 21 heavy (non-hydrogen) atoms. The van der Waals surface area contributed by atoms with Crippen LogP contribution in [0.3, 0.4) is 0 Å². The monoisotopic (exact) mass is 287 g/mol. The van der Waals surface area contributed by atoms with Gasteiger partial charge in [-0.05, 0) is 24.6 Å². The van der Waals surface area contributed by atoms with E-state index in [1.54, 1.807) is 38.1 Å². The van der Waals surface area contributed by atoms with E-state index in [0.717, 1.165) is 4.90 Å². The summed E-state index contributed by atoms with van der Waals surface area (Å²) in [4.78, 5) is 36.9. The Kier molecular flexibility index (Phi) is 4.04. The van der Waals surface area contributed by atoms with Crippen molar-refractivity contribution in [2.24, 2.45) is 5.92 Å². The van der Waals surface area contributed by atoms with E-state index in [1.807, 2.05) is 0 Å². The van der Waals surface area contributed by atoms with Crippen molar-refractivity contribution in [3.05, 3.63) is 47.5 Å². The number of aliphatic hydroxyl groups excluding tert-OH is 1. The molecule has 110 valence electrons. The van der Waals surface area contributed by atoms with Gasteiger partial charge in [0, 0.05) is 12.3 Å². The van der Waals surface area contributed by atoms with Crippen LogP contribution in [0.5, 0.6) is 0 Å². The molecular weight excluding hydrogens is 270 g/mol. The van der Waals surface area contributed by atoms with Gasteiger partial charge in [-0.15, -0.1) is 0 Å². The summed E-state index contributed by atoms with van der Waals surface area (Å²) in [5, 5.41) is 10.3. The van der Waals surface area contributed by atoms with Crippen molar-refractivity contribution in [1.29, 1.82) is 0 Å². The van der Waals surface area contributed by atoms with Gasteiger partial charge in [-0.2, -0.15) is 0 Å². The number of ketones is 1. The molecule has 1 heterocycles. The molecule has 0 saturated heterocycles. The summed E-state index contributed by atoms with van der Waals surface area (Å²) in [5.74, 6) is -1.81. The van der Waals surface area contributed by atoms with Crippen molar-refractivity contribution in [2.75, 3.05) is 0 Å². The lowest BCUT2D eigenvalue weighted by Gasteiger charge is -2.26. The lowest BCUT2D eigenvalue weighted by molar-refractivity contribution is -0.118. The molecule has 2 atom stereocenters. The molecule has 5 nitrogen and oxygen atoms in total. The third kappa shape index (κ3) is 2.64. The molecule has 5 heteroatoms. The summed E-state index contributed by atoms with van der Waals surface area (Å²) in [6.45, 7) is 6.76. The van der Waals surface area contributed by atoms with Crippen LogP contribution in [0.25, 0.3) is 0 Å². The topological polar surface area (TPSA) is 74.7 Å². The molecule has 1 N–H and O–H groups in total. The van der Waals surface area contributed by atoms with Crippen molar-refractivity contribution in [2.45, 2.75) is 26.5 Å². The minimum Gasteiger partial charge on any atom is -0.373 e. The van der Waals surface area contributed by atoms with Crippen LogP contribution in [0.2, 0.25) is 0 Å².